The molecule has 1 amide bonds. The highest BCUT2D eigenvalue weighted by atomic mass is 35.5. The van der Waals surface area contributed by atoms with Gasteiger partial charge in [0.25, 0.3) is 5.91 Å². The highest BCUT2D eigenvalue weighted by Crippen LogP contribution is 2.39. The van der Waals surface area contributed by atoms with Gasteiger partial charge in [-0.1, -0.05) is 23.2 Å². The normalized spacial score (nSPS) is 20.9. The molecule has 1 aromatic carbocycles. The van der Waals surface area contributed by atoms with Crippen molar-refractivity contribution in [1.29, 1.82) is 0 Å². The smallest absolute Gasteiger partial charge is 0.256 e. The highest BCUT2D eigenvalue weighted by molar-refractivity contribution is 7.16. The molecule has 0 saturated heterocycles. The highest BCUT2D eigenvalue weighted by Gasteiger charge is 2.34. The van der Waals surface area contributed by atoms with Crippen LogP contribution in [0, 0.1) is 0 Å². The summed E-state index contributed by atoms with van der Waals surface area (Å²) < 4.78 is 6.01. The monoisotopic (exact) mass is 434 g/mol. The van der Waals surface area contributed by atoms with Gasteiger partial charge in [-0.3, -0.25) is 4.79 Å². The quantitative estimate of drug-likeness (QED) is 0.575. The van der Waals surface area contributed by atoms with Gasteiger partial charge in [-0.25, -0.2) is 0 Å². The van der Waals surface area contributed by atoms with Crippen LogP contribution >= 0.6 is 34.5 Å². The maximum atomic E-state index is 12.8. The van der Waals surface area contributed by atoms with Crippen molar-refractivity contribution in [2.75, 3.05) is 18.9 Å². The maximum Gasteiger partial charge on any atom is 0.256 e. The summed E-state index contributed by atoms with van der Waals surface area (Å²) in [7, 11) is 2.19. The number of benzene rings is 1. The Morgan fingerprint density at radius 3 is 2.86 bits per heavy atom. The number of halogens is 2. The Morgan fingerprint density at radius 2 is 2.04 bits per heavy atom. The van der Waals surface area contributed by atoms with Crippen LogP contribution in [-0.4, -0.2) is 19.5 Å². The van der Waals surface area contributed by atoms with E-state index in [1.807, 2.05) is 18.2 Å². The van der Waals surface area contributed by atoms with E-state index in [-0.39, 0.29) is 5.91 Å². The maximum absolute atomic E-state index is 12.8. The van der Waals surface area contributed by atoms with Gasteiger partial charge < -0.3 is 20.0 Å². The molecule has 2 aliphatic rings. The van der Waals surface area contributed by atoms with Crippen LogP contribution in [0.25, 0.3) is 11.3 Å². The first kappa shape index (κ1) is 18.1. The molecule has 2 aliphatic heterocycles. The van der Waals surface area contributed by atoms with Gasteiger partial charge >= 0.3 is 0 Å². The fourth-order valence-electron chi connectivity index (χ4n) is 3.79. The van der Waals surface area contributed by atoms with Crippen molar-refractivity contribution in [3.05, 3.63) is 62.1 Å². The summed E-state index contributed by atoms with van der Waals surface area (Å²) in [6.45, 7) is 2.02. The number of carbonyl (C=O) groups excluding carboxylic acids is 1. The number of furan rings is 1. The van der Waals surface area contributed by atoms with Crippen LogP contribution < -0.4 is 15.5 Å². The largest absolute Gasteiger partial charge is 0.457 e. The molecule has 1 unspecified atom stereocenters. The lowest BCUT2D eigenvalue weighted by Gasteiger charge is -2.25. The third-order valence-electron chi connectivity index (χ3n) is 5.25. The molecule has 0 aliphatic carbocycles. The number of carbonyl (C=O) groups is 1. The van der Waals surface area contributed by atoms with Crippen LogP contribution in [0.15, 0.2) is 34.7 Å². The topological polar surface area (TPSA) is 58.7 Å². The molecule has 28 heavy (non-hydrogen) atoms. The SMILES string of the molecule is C[NH+]1CCc2c(sc3c2C(=O)N[C@H](c2ccc(-c4ccc(Cl)c(Cl)c4)o2)N3)C1. The van der Waals surface area contributed by atoms with Crippen molar-refractivity contribution >= 4 is 45.4 Å². The minimum absolute atomic E-state index is 0.0386. The Balaban J connectivity index is 1.44. The molecule has 0 saturated carbocycles. The number of fused-ring (bicyclic) bond motifs is 3. The second-order valence-electron chi connectivity index (χ2n) is 7.22. The lowest BCUT2D eigenvalue weighted by Crippen LogP contribution is -3.08. The summed E-state index contributed by atoms with van der Waals surface area (Å²) in [5, 5.41) is 8.37. The Labute approximate surface area is 176 Å². The zero-order valence-electron chi connectivity index (χ0n) is 15.1. The van der Waals surface area contributed by atoms with Crippen LogP contribution in [-0.2, 0) is 13.0 Å². The molecule has 5 nitrogen and oxygen atoms in total. The lowest BCUT2D eigenvalue weighted by molar-refractivity contribution is -0.895. The fraction of sp³-hybridized carbons (Fsp3) is 0.250. The van der Waals surface area contributed by atoms with E-state index >= 15 is 0 Å². The fourth-order valence-corrected chi connectivity index (χ4v) is 5.47. The number of hydrogen-bond acceptors (Lipinski definition) is 4. The molecule has 0 radical (unpaired) electrons. The number of quaternary nitrogens is 1. The Morgan fingerprint density at radius 1 is 1.18 bits per heavy atom. The van der Waals surface area contributed by atoms with Gasteiger partial charge in [-0.2, -0.15) is 0 Å². The molecule has 0 spiro atoms. The van der Waals surface area contributed by atoms with Gasteiger partial charge in [0.05, 0.1) is 34.1 Å². The van der Waals surface area contributed by atoms with E-state index in [9.17, 15) is 4.79 Å². The third-order valence-corrected chi connectivity index (χ3v) is 7.15. The molecular weight excluding hydrogens is 417 g/mol. The number of likely N-dealkylation sites (N-methyl/N-ethyl adjacent to an activating group) is 1. The average molecular weight is 435 g/mol. The summed E-state index contributed by atoms with van der Waals surface area (Å²) in [6.07, 6.45) is 0.538. The predicted molar refractivity (Wildman–Crippen MR) is 111 cm³/mol. The molecule has 4 heterocycles. The zero-order valence-corrected chi connectivity index (χ0v) is 17.4. The van der Waals surface area contributed by atoms with Crippen LogP contribution in [0.3, 0.4) is 0 Å². The second-order valence-corrected chi connectivity index (χ2v) is 9.14. The van der Waals surface area contributed by atoms with Crippen LogP contribution in [0.5, 0.6) is 0 Å². The summed E-state index contributed by atoms with van der Waals surface area (Å²) in [5.41, 5.74) is 2.84. The lowest BCUT2D eigenvalue weighted by atomic mass is 10.0. The summed E-state index contributed by atoms with van der Waals surface area (Å²) in [4.78, 5) is 15.6. The van der Waals surface area contributed by atoms with Crippen LogP contribution in [0.4, 0.5) is 5.00 Å². The van der Waals surface area contributed by atoms with Crippen molar-refractivity contribution in [3.63, 3.8) is 0 Å². The van der Waals surface area contributed by atoms with Crippen LogP contribution in [0.2, 0.25) is 10.0 Å². The van der Waals surface area contributed by atoms with Gasteiger partial charge in [0.2, 0.25) is 0 Å². The van der Waals surface area contributed by atoms with E-state index in [4.69, 9.17) is 27.6 Å². The number of nitrogens with one attached hydrogen (secondary N) is 3. The summed E-state index contributed by atoms with van der Waals surface area (Å²) in [5.74, 6) is 1.28. The summed E-state index contributed by atoms with van der Waals surface area (Å²) >= 11 is 13.8. The first-order valence-corrected chi connectivity index (χ1v) is 10.6. The molecule has 0 bridgehead atoms. The standard InChI is InChI=1S/C20H17Cl2N3O2S/c1-25-7-6-11-16(9-25)28-20-17(11)19(26)23-18(24-20)15-5-4-14(27-15)10-2-3-12(21)13(22)8-10/h2-5,8,18,24H,6-7,9H2,1H3,(H,23,26)/p+1/t18-/m0/s1. The molecule has 144 valence electrons. The Hall–Kier alpha value is -1.99. The number of anilines is 1. The molecule has 3 aromatic rings. The van der Waals surface area contributed by atoms with Crippen LogP contribution in [0.1, 0.15) is 32.7 Å². The van der Waals surface area contributed by atoms with Gasteiger partial charge in [0.1, 0.15) is 23.1 Å². The minimum Gasteiger partial charge on any atom is -0.457 e. The first-order valence-electron chi connectivity index (χ1n) is 9.08. The molecule has 2 atom stereocenters. The van der Waals surface area contributed by atoms with E-state index in [0.717, 1.165) is 35.6 Å². The van der Waals surface area contributed by atoms with Gasteiger partial charge in [-0.05, 0) is 35.9 Å². The van der Waals surface area contributed by atoms with E-state index in [2.05, 4.69) is 17.7 Å². The predicted octanol–water partition coefficient (Wildman–Crippen LogP) is 3.74. The van der Waals surface area contributed by atoms with Gasteiger partial charge in [0.15, 0.2) is 6.17 Å². The number of hydrogen-bond donors (Lipinski definition) is 3. The van der Waals surface area contributed by atoms with Crippen molar-refractivity contribution in [3.8, 4) is 11.3 Å². The van der Waals surface area contributed by atoms with Gasteiger partial charge in [-0.15, -0.1) is 11.3 Å². The number of thiophene rings is 1. The molecule has 5 rings (SSSR count). The van der Waals surface area contributed by atoms with Crippen molar-refractivity contribution < 1.29 is 14.1 Å². The van der Waals surface area contributed by atoms with Crippen molar-refractivity contribution in [2.24, 2.45) is 0 Å². The Kier molecular flexibility index (Phi) is 4.39. The average Bonchev–Trinajstić information content (AvgIpc) is 3.28. The molecule has 0 fully saturated rings. The second kappa shape index (κ2) is 6.81. The molecule has 8 heteroatoms. The summed E-state index contributed by atoms with van der Waals surface area (Å²) in [6, 6.07) is 9.10. The third kappa shape index (κ3) is 3.01. The van der Waals surface area contributed by atoms with Crippen molar-refractivity contribution in [2.45, 2.75) is 19.1 Å². The van der Waals surface area contributed by atoms with Crippen molar-refractivity contribution in [1.82, 2.24) is 5.32 Å². The van der Waals surface area contributed by atoms with E-state index in [1.165, 1.54) is 15.3 Å². The first-order chi connectivity index (χ1) is 13.5. The minimum atomic E-state index is -0.401. The molecule has 3 N–H and O–H groups in total. The van der Waals surface area contributed by atoms with Gasteiger partial charge in [0, 0.05) is 12.0 Å². The molecule has 2 aromatic heterocycles. The van der Waals surface area contributed by atoms with E-state index in [0.29, 0.717) is 21.6 Å². The zero-order chi connectivity index (χ0) is 19.4. The Bertz CT molecular complexity index is 1090. The van der Waals surface area contributed by atoms with E-state index in [1.54, 1.807) is 23.5 Å². The number of rotatable bonds is 2. The number of amides is 1. The van der Waals surface area contributed by atoms with E-state index < -0.39 is 6.17 Å². The molecular formula is C20H18Cl2N3O2S+.